The number of benzene rings is 1. The molecule has 112 valence electrons. The summed E-state index contributed by atoms with van der Waals surface area (Å²) in [4.78, 5) is 15.7. The predicted molar refractivity (Wildman–Crippen MR) is 85.6 cm³/mol. The highest BCUT2D eigenvalue weighted by Gasteiger charge is 2.11. The van der Waals surface area contributed by atoms with Crippen LogP contribution >= 0.6 is 11.3 Å². The van der Waals surface area contributed by atoms with Crippen LogP contribution in [0.5, 0.6) is 5.75 Å². The van der Waals surface area contributed by atoms with Gasteiger partial charge >= 0.3 is 0 Å². The van der Waals surface area contributed by atoms with Crippen molar-refractivity contribution in [1.82, 2.24) is 4.98 Å². The van der Waals surface area contributed by atoms with E-state index in [9.17, 15) is 4.79 Å². The van der Waals surface area contributed by atoms with Crippen molar-refractivity contribution in [2.45, 2.75) is 13.8 Å². The zero-order chi connectivity index (χ0) is 15.2. The Hall–Kier alpha value is -1.92. The quantitative estimate of drug-likeness (QED) is 0.860. The zero-order valence-corrected chi connectivity index (χ0v) is 12.9. The molecule has 0 spiro atoms. The number of anilines is 1. The van der Waals surface area contributed by atoms with Crippen LogP contribution in [0.4, 0.5) is 5.13 Å². The number of amides is 1. The molecule has 0 bridgehead atoms. The second-order valence-corrected chi connectivity index (χ2v) is 5.85. The first-order valence-electron chi connectivity index (χ1n) is 6.77. The lowest BCUT2D eigenvalue weighted by molar-refractivity contribution is -0.114. The van der Waals surface area contributed by atoms with E-state index in [1.165, 1.54) is 11.3 Å². The number of carbonyl (C=O) groups is 1. The van der Waals surface area contributed by atoms with Gasteiger partial charge in [0.1, 0.15) is 5.75 Å². The molecule has 0 saturated carbocycles. The van der Waals surface area contributed by atoms with Crippen LogP contribution < -0.4 is 15.8 Å². The van der Waals surface area contributed by atoms with Gasteiger partial charge in [0.2, 0.25) is 5.91 Å². The van der Waals surface area contributed by atoms with Crippen LogP contribution in [-0.2, 0) is 4.79 Å². The SMILES string of the molecule is CC(C)COc1ccccc1-c1csc(NC(=O)CN)n1. The number of ether oxygens (including phenoxy) is 1. The number of para-hydroxylation sites is 1. The first-order chi connectivity index (χ1) is 10.1. The summed E-state index contributed by atoms with van der Waals surface area (Å²) in [7, 11) is 0. The number of aromatic nitrogens is 1. The van der Waals surface area contributed by atoms with E-state index in [0.717, 1.165) is 17.0 Å². The van der Waals surface area contributed by atoms with Gasteiger partial charge in [0.05, 0.1) is 18.8 Å². The molecule has 1 amide bonds. The molecule has 1 aromatic carbocycles. The maximum atomic E-state index is 11.3. The molecule has 0 radical (unpaired) electrons. The molecular weight excluding hydrogens is 286 g/mol. The molecule has 1 aromatic heterocycles. The predicted octanol–water partition coefficient (Wildman–Crippen LogP) is 2.74. The zero-order valence-electron chi connectivity index (χ0n) is 12.1. The molecule has 0 saturated heterocycles. The Morgan fingerprint density at radius 3 is 2.90 bits per heavy atom. The summed E-state index contributed by atoms with van der Waals surface area (Å²) in [5.41, 5.74) is 6.98. The Morgan fingerprint density at radius 2 is 2.19 bits per heavy atom. The van der Waals surface area contributed by atoms with E-state index in [2.05, 4.69) is 24.1 Å². The number of carbonyl (C=O) groups excluding carboxylic acids is 1. The van der Waals surface area contributed by atoms with Gasteiger partial charge in [-0.05, 0) is 18.1 Å². The van der Waals surface area contributed by atoms with Gasteiger partial charge in [-0.15, -0.1) is 11.3 Å². The number of thiazole rings is 1. The molecule has 5 nitrogen and oxygen atoms in total. The molecule has 3 N–H and O–H groups in total. The third-order valence-corrected chi connectivity index (χ3v) is 3.43. The fraction of sp³-hybridized carbons (Fsp3) is 0.333. The van der Waals surface area contributed by atoms with Crippen molar-refractivity contribution < 1.29 is 9.53 Å². The highest BCUT2D eigenvalue weighted by molar-refractivity contribution is 7.14. The molecule has 0 aliphatic carbocycles. The van der Waals surface area contributed by atoms with Gasteiger partial charge in [-0.2, -0.15) is 0 Å². The maximum Gasteiger partial charge on any atom is 0.239 e. The van der Waals surface area contributed by atoms with E-state index in [4.69, 9.17) is 10.5 Å². The third-order valence-electron chi connectivity index (χ3n) is 2.67. The Balaban J connectivity index is 2.19. The van der Waals surface area contributed by atoms with Gasteiger partial charge in [0, 0.05) is 10.9 Å². The van der Waals surface area contributed by atoms with E-state index < -0.39 is 0 Å². The Kier molecular flexibility index (Phi) is 5.30. The van der Waals surface area contributed by atoms with Crippen LogP contribution in [0.15, 0.2) is 29.6 Å². The second kappa shape index (κ2) is 7.19. The van der Waals surface area contributed by atoms with Crippen LogP contribution in [0, 0.1) is 5.92 Å². The van der Waals surface area contributed by atoms with Gasteiger partial charge in [0.25, 0.3) is 0 Å². The van der Waals surface area contributed by atoms with Gasteiger partial charge in [-0.25, -0.2) is 4.98 Å². The fourth-order valence-corrected chi connectivity index (χ4v) is 2.41. The molecular formula is C15H19N3O2S. The summed E-state index contributed by atoms with van der Waals surface area (Å²) in [6, 6.07) is 7.76. The Bertz CT molecular complexity index is 610. The minimum atomic E-state index is -0.250. The lowest BCUT2D eigenvalue weighted by Crippen LogP contribution is -2.21. The number of hydrogen-bond donors (Lipinski definition) is 2. The van der Waals surface area contributed by atoms with Gasteiger partial charge in [-0.1, -0.05) is 26.0 Å². The summed E-state index contributed by atoms with van der Waals surface area (Å²) in [6.07, 6.45) is 0. The number of nitrogens with zero attached hydrogens (tertiary/aromatic N) is 1. The lowest BCUT2D eigenvalue weighted by atomic mass is 10.1. The fourth-order valence-electron chi connectivity index (χ4n) is 1.69. The average Bonchev–Trinajstić information content (AvgIpc) is 2.93. The van der Waals surface area contributed by atoms with E-state index in [1.807, 2.05) is 29.6 Å². The van der Waals surface area contributed by atoms with Crippen LogP contribution in [-0.4, -0.2) is 24.0 Å². The number of nitrogens with one attached hydrogen (secondary N) is 1. The lowest BCUT2D eigenvalue weighted by Gasteiger charge is -2.11. The monoisotopic (exact) mass is 305 g/mol. The summed E-state index contributed by atoms with van der Waals surface area (Å²) in [5.74, 6) is 1.00. The normalized spacial score (nSPS) is 10.7. The molecule has 0 unspecified atom stereocenters. The summed E-state index contributed by atoms with van der Waals surface area (Å²) in [6.45, 7) is 4.80. The molecule has 6 heteroatoms. The first kappa shape index (κ1) is 15.5. The molecule has 0 aliphatic heterocycles. The summed E-state index contributed by atoms with van der Waals surface area (Å²) >= 11 is 1.37. The van der Waals surface area contributed by atoms with Crippen molar-refractivity contribution in [2.24, 2.45) is 11.7 Å². The van der Waals surface area contributed by atoms with E-state index in [-0.39, 0.29) is 12.5 Å². The van der Waals surface area contributed by atoms with Crippen molar-refractivity contribution in [2.75, 3.05) is 18.5 Å². The highest BCUT2D eigenvalue weighted by Crippen LogP contribution is 2.32. The van der Waals surface area contributed by atoms with Crippen molar-refractivity contribution in [3.8, 4) is 17.0 Å². The molecule has 2 aromatic rings. The first-order valence-corrected chi connectivity index (χ1v) is 7.65. The summed E-state index contributed by atoms with van der Waals surface area (Å²) in [5, 5.41) is 5.09. The Labute approximate surface area is 128 Å². The maximum absolute atomic E-state index is 11.3. The molecule has 0 aliphatic rings. The Morgan fingerprint density at radius 1 is 1.43 bits per heavy atom. The van der Waals surface area contributed by atoms with Crippen molar-refractivity contribution >= 4 is 22.4 Å². The molecule has 21 heavy (non-hydrogen) atoms. The smallest absolute Gasteiger partial charge is 0.239 e. The van der Waals surface area contributed by atoms with Crippen molar-refractivity contribution in [1.29, 1.82) is 0 Å². The number of hydrogen-bond acceptors (Lipinski definition) is 5. The van der Waals surface area contributed by atoms with Crippen LogP contribution in [0.25, 0.3) is 11.3 Å². The van der Waals surface area contributed by atoms with Gasteiger partial charge in [-0.3, -0.25) is 4.79 Å². The average molecular weight is 305 g/mol. The largest absolute Gasteiger partial charge is 0.493 e. The molecule has 2 rings (SSSR count). The molecule has 0 fully saturated rings. The van der Waals surface area contributed by atoms with E-state index >= 15 is 0 Å². The van der Waals surface area contributed by atoms with Crippen LogP contribution in [0.1, 0.15) is 13.8 Å². The van der Waals surface area contributed by atoms with E-state index in [0.29, 0.717) is 17.7 Å². The van der Waals surface area contributed by atoms with E-state index in [1.54, 1.807) is 0 Å². The minimum Gasteiger partial charge on any atom is -0.493 e. The highest BCUT2D eigenvalue weighted by atomic mass is 32.1. The minimum absolute atomic E-state index is 0.0526. The summed E-state index contributed by atoms with van der Waals surface area (Å²) < 4.78 is 5.82. The number of nitrogens with two attached hydrogens (primary N) is 1. The molecule has 0 atom stereocenters. The van der Waals surface area contributed by atoms with Crippen LogP contribution in [0.3, 0.4) is 0 Å². The van der Waals surface area contributed by atoms with Gasteiger partial charge < -0.3 is 15.8 Å². The third kappa shape index (κ3) is 4.27. The van der Waals surface area contributed by atoms with Gasteiger partial charge in [0.15, 0.2) is 5.13 Å². The second-order valence-electron chi connectivity index (χ2n) is 4.99. The van der Waals surface area contributed by atoms with Crippen LogP contribution in [0.2, 0.25) is 0 Å². The number of rotatable bonds is 6. The molecule has 1 heterocycles. The van der Waals surface area contributed by atoms with Crippen molar-refractivity contribution in [3.05, 3.63) is 29.6 Å². The standard InChI is InChI=1S/C15H19N3O2S/c1-10(2)8-20-13-6-4-3-5-11(13)12-9-21-15(17-12)18-14(19)7-16/h3-6,9-10H,7-8,16H2,1-2H3,(H,17,18,19). The topological polar surface area (TPSA) is 77.2 Å². The van der Waals surface area contributed by atoms with Crippen molar-refractivity contribution in [3.63, 3.8) is 0 Å².